The number of unbranched alkanes of at least 4 members (excludes halogenated alkanes) is 2. The van der Waals surface area contributed by atoms with Crippen molar-refractivity contribution in [3.8, 4) is 0 Å². The zero-order valence-corrected chi connectivity index (χ0v) is 19.1. The maximum absolute atomic E-state index is 12.4. The number of esters is 2. The molecule has 0 heterocycles. The summed E-state index contributed by atoms with van der Waals surface area (Å²) >= 11 is 0. The van der Waals surface area contributed by atoms with E-state index in [1.54, 1.807) is 0 Å². The van der Waals surface area contributed by atoms with Crippen LogP contribution in [-0.2, 0) is 28.6 Å². The first-order valence-electron chi connectivity index (χ1n) is 10.9. The number of hydrogen-bond acceptors (Lipinski definition) is 6. The van der Waals surface area contributed by atoms with Gasteiger partial charge in [0.2, 0.25) is 0 Å². The van der Waals surface area contributed by atoms with Gasteiger partial charge in [-0.05, 0) is 44.6 Å². The number of ketones is 1. The van der Waals surface area contributed by atoms with Crippen molar-refractivity contribution < 1.29 is 28.6 Å². The molecule has 6 nitrogen and oxygen atoms in total. The minimum Gasteiger partial charge on any atom is -0.466 e. The van der Waals surface area contributed by atoms with Crippen LogP contribution < -0.4 is 0 Å². The molecule has 0 aromatic carbocycles. The van der Waals surface area contributed by atoms with Crippen molar-refractivity contribution in [3.05, 3.63) is 24.3 Å². The molecule has 1 aliphatic carbocycles. The van der Waals surface area contributed by atoms with E-state index >= 15 is 0 Å². The molecule has 0 N–H and O–H groups in total. The molecule has 0 aliphatic heterocycles. The summed E-state index contributed by atoms with van der Waals surface area (Å²) in [6, 6.07) is 0. The third-order valence-corrected chi connectivity index (χ3v) is 5.52. The Morgan fingerprint density at radius 2 is 2.00 bits per heavy atom. The van der Waals surface area contributed by atoms with Crippen molar-refractivity contribution in [2.45, 2.75) is 72.3 Å². The first-order chi connectivity index (χ1) is 14.2. The van der Waals surface area contributed by atoms with Crippen LogP contribution in [0.25, 0.3) is 0 Å². The molecule has 170 valence electrons. The lowest BCUT2D eigenvalue weighted by atomic mass is 9.84. The van der Waals surface area contributed by atoms with Gasteiger partial charge < -0.3 is 14.2 Å². The van der Waals surface area contributed by atoms with Gasteiger partial charge in [-0.2, -0.15) is 0 Å². The molecule has 3 atom stereocenters. The Morgan fingerprint density at radius 1 is 1.27 bits per heavy atom. The summed E-state index contributed by atoms with van der Waals surface area (Å²) in [5, 5.41) is 0. The highest BCUT2D eigenvalue weighted by molar-refractivity contribution is 5.83. The van der Waals surface area contributed by atoms with Gasteiger partial charge in [0.1, 0.15) is 11.9 Å². The van der Waals surface area contributed by atoms with E-state index in [4.69, 9.17) is 9.47 Å². The highest BCUT2D eigenvalue weighted by Gasteiger charge is 2.34. The maximum Gasteiger partial charge on any atom is 0.330 e. The molecule has 0 aromatic heterocycles. The number of ether oxygens (including phenoxy) is 3. The summed E-state index contributed by atoms with van der Waals surface area (Å²) in [7, 11) is 1.36. The van der Waals surface area contributed by atoms with Crippen molar-refractivity contribution in [2.24, 2.45) is 17.3 Å². The van der Waals surface area contributed by atoms with E-state index in [0.717, 1.165) is 32.1 Å². The van der Waals surface area contributed by atoms with Gasteiger partial charge in [0.25, 0.3) is 0 Å². The number of rotatable bonds is 13. The van der Waals surface area contributed by atoms with E-state index in [2.05, 4.69) is 10.8 Å². The van der Waals surface area contributed by atoms with Crippen molar-refractivity contribution in [1.82, 2.24) is 0 Å². The Labute approximate surface area is 181 Å². The fourth-order valence-electron chi connectivity index (χ4n) is 3.74. The van der Waals surface area contributed by atoms with Crippen LogP contribution in [0, 0.1) is 17.3 Å². The molecule has 1 rings (SSSR count). The number of hydrogen-bond donors (Lipinski definition) is 0. The van der Waals surface area contributed by atoms with E-state index in [-0.39, 0.29) is 29.2 Å². The zero-order valence-electron chi connectivity index (χ0n) is 19.1. The first kappa shape index (κ1) is 26.1. The Hall–Kier alpha value is -1.95. The van der Waals surface area contributed by atoms with Crippen LogP contribution in [0.3, 0.4) is 0 Å². The van der Waals surface area contributed by atoms with Crippen LogP contribution in [0.1, 0.15) is 66.2 Å². The van der Waals surface area contributed by atoms with Gasteiger partial charge in [0.05, 0.1) is 13.7 Å². The summed E-state index contributed by atoms with van der Waals surface area (Å²) in [6.07, 6.45) is 11.8. The van der Waals surface area contributed by atoms with Crippen molar-refractivity contribution >= 4 is 17.7 Å². The number of allylic oxidation sites excluding steroid dienone is 2. The second-order valence-corrected chi connectivity index (χ2v) is 8.53. The second-order valence-electron chi connectivity index (χ2n) is 8.53. The monoisotopic (exact) mass is 422 g/mol. The van der Waals surface area contributed by atoms with Crippen molar-refractivity contribution in [2.75, 3.05) is 20.3 Å². The lowest BCUT2D eigenvalue weighted by Crippen LogP contribution is -2.36. The summed E-state index contributed by atoms with van der Waals surface area (Å²) < 4.78 is 15.7. The van der Waals surface area contributed by atoms with Crippen molar-refractivity contribution in [3.63, 3.8) is 0 Å². The molecule has 1 aliphatic rings. The van der Waals surface area contributed by atoms with Crippen LogP contribution in [0.4, 0.5) is 0 Å². The van der Waals surface area contributed by atoms with Gasteiger partial charge >= 0.3 is 11.9 Å². The molecule has 0 aromatic rings. The highest BCUT2D eigenvalue weighted by atomic mass is 16.5. The van der Waals surface area contributed by atoms with E-state index in [1.807, 2.05) is 32.9 Å². The fourth-order valence-corrected chi connectivity index (χ4v) is 3.74. The van der Waals surface area contributed by atoms with Gasteiger partial charge in [0.15, 0.2) is 0 Å². The Bertz CT molecular complexity index is 619. The minimum absolute atomic E-state index is 0.0128. The Balaban J connectivity index is 2.66. The standard InChI is InChI=1S/C24H38O6/c1-6-29-17-24(3,4)22(30-18(2)25)16-14-19-13-15-21(26)20(19)11-9-7-8-10-12-23(27)28-5/h10,12,14,16,19-20,22H,6-9,11,13,15,17H2,1-5H3/b12-10+,16-14+/t19-,20-,22-/m1/s1. The molecule has 1 fully saturated rings. The number of Topliss-reactive ketones (excluding diaryl/α,β-unsaturated/α-hetero) is 1. The molecular formula is C24H38O6. The van der Waals surface area contributed by atoms with Gasteiger partial charge in [-0.25, -0.2) is 4.79 Å². The highest BCUT2D eigenvalue weighted by Crippen LogP contribution is 2.35. The van der Waals surface area contributed by atoms with Crippen molar-refractivity contribution in [1.29, 1.82) is 0 Å². The van der Waals surface area contributed by atoms with Gasteiger partial charge in [-0.15, -0.1) is 0 Å². The number of carbonyl (C=O) groups is 3. The predicted molar refractivity (Wildman–Crippen MR) is 116 cm³/mol. The second kappa shape index (κ2) is 13.4. The Morgan fingerprint density at radius 3 is 2.63 bits per heavy atom. The molecule has 6 heteroatoms. The third-order valence-electron chi connectivity index (χ3n) is 5.52. The van der Waals surface area contributed by atoms with E-state index in [0.29, 0.717) is 25.4 Å². The quantitative estimate of drug-likeness (QED) is 0.189. The van der Waals surface area contributed by atoms with E-state index in [1.165, 1.54) is 20.1 Å². The average molecular weight is 423 g/mol. The van der Waals surface area contributed by atoms with Crippen LogP contribution in [0.5, 0.6) is 0 Å². The maximum atomic E-state index is 12.4. The largest absolute Gasteiger partial charge is 0.466 e. The Kier molecular flexibility index (Phi) is 11.6. The van der Waals surface area contributed by atoms with Gasteiger partial charge in [-0.1, -0.05) is 32.4 Å². The summed E-state index contributed by atoms with van der Waals surface area (Å²) in [5.41, 5.74) is -0.359. The minimum atomic E-state index is -0.402. The number of methoxy groups -OCH3 is 1. The topological polar surface area (TPSA) is 78.9 Å². The zero-order chi connectivity index (χ0) is 22.6. The van der Waals surface area contributed by atoms with Crippen LogP contribution in [0.2, 0.25) is 0 Å². The molecule has 0 amide bonds. The molecule has 0 saturated heterocycles. The molecule has 0 spiro atoms. The summed E-state index contributed by atoms with van der Waals surface area (Å²) in [6.45, 7) is 8.46. The molecule has 0 bridgehead atoms. The smallest absolute Gasteiger partial charge is 0.330 e. The lowest BCUT2D eigenvalue weighted by Gasteiger charge is -2.31. The van der Waals surface area contributed by atoms with E-state index in [9.17, 15) is 14.4 Å². The molecular weight excluding hydrogens is 384 g/mol. The molecule has 0 unspecified atom stereocenters. The normalized spacial score (nSPS) is 20.8. The summed E-state index contributed by atoms with van der Waals surface area (Å²) in [5.74, 6) is -0.177. The number of carbonyl (C=O) groups excluding carboxylic acids is 3. The molecule has 30 heavy (non-hydrogen) atoms. The third kappa shape index (κ3) is 9.24. The van der Waals surface area contributed by atoms with Crippen LogP contribution >= 0.6 is 0 Å². The van der Waals surface area contributed by atoms with Gasteiger partial charge in [0, 0.05) is 37.4 Å². The van der Waals surface area contributed by atoms with Crippen LogP contribution in [-0.4, -0.2) is 44.1 Å². The lowest BCUT2D eigenvalue weighted by molar-refractivity contribution is -0.151. The SMILES string of the molecule is CCOCC(C)(C)[C@@H](/C=C/[C@H]1CCC(=O)[C@@H]1CCCC/C=C/C(=O)OC)OC(C)=O. The molecule has 0 radical (unpaired) electrons. The van der Waals surface area contributed by atoms with E-state index < -0.39 is 6.10 Å². The predicted octanol–water partition coefficient (Wildman–Crippen LogP) is 4.42. The molecule has 1 saturated carbocycles. The average Bonchev–Trinajstić information content (AvgIpc) is 3.05. The fraction of sp³-hybridized carbons (Fsp3) is 0.708. The summed E-state index contributed by atoms with van der Waals surface area (Å²) in [4.78, 5) is 35.0. The van der Waals surface area contributed by atoms with Gasteiger partial charge in [-0.3, -0.25) is 9.59 Å². The first-order valence-corrected chi connectivity index (χ1v) is 10.9. The van der Waals surface area contributed by atoms with Crippen LogP contribution in [0.15, 0.2) is 24.3 Å².